The Labute approximate surface area is 159 Å². The molecule has 4 rings (SSSR count). The predicted molar refractivity (Wildman–Crippen MR) is 103 cm³/mol. The van der Waals surface area contributed by atoms with Gasteiger partial charge in [0.05, 0.1) is 10.5 Å². The molecule has 0 saturated carbocycles. The Morgan fingerprint density at radius 1 is 0.893 bits per heavy atom. The van der Waals surface area contributed by atoms with Crippen LogP contribution in [0.3, 0.4) is 0 Å². The predicted octanol–water partition coefficient (Wildman–Crippen LogP) is 1.12. The lowest BCUT2D eigenvalue weighted by Gasteiger charge is -2.07. The van der Waals surface area contributed by atoms with Gasteiger partial charge in [0.2, 0.25) is 11.8 Å². The smallest absolute Gasteiger partial charge is 0.429 e. The number of nitrogens with zero attached hydrogens (tertiary/aromatic N) is 1. The van der Waals surface area contributed by atoms with Gasteiger partial charge in [-0.15, -0.1) is 0 Å². The minimum Gasteiger partial charge on any atom is -0.429 e. The van der Waals surface area contributed by atoms with Crippen LogP contribution < -0.4 is 11.5 Å². The maximum atomic E-state index is 11.4. The van der Waals surface area contributed by atoms with E-state index in [1.165, 1.54) is 29.3 Å². The number of hydrogen-bond acceptors (Lipinski definition) is 6. The minimum absolute atomic E-state index is 0. The van der Waals surface area contributed by atoms with E-state index in [1.807, 2.05) is 0 Å². The summed E-state index contributed by atoms with van der Waals surface area (Å²) in [4.78, 5) is 32.9. The van der Waals surface area contributed by atoms with Crippen molar-refractivity contribution in [3.63, 3.8) is 0 Å². The average Bonchev–Trinajstić information content (AvgIpc) is 3.25. The number of rotatable bonds is 3. The summed E-state index contributed by atoms with van der Waals surface area (Å²) in [7, 11) is 0. The van der Waals surface area contributed by atoms with Crippen LogP contribution in [0, 0.1) is 10.1 Å². The molecule has 0 aromatic heterocycles. The number of benzene rings is 3. The topological polar surface area (TPSA) is 170 Å². The summed E-state index contributed by atoms with van der Waals surface area (Å²) in [6.07, 6.45) is 0. The number of hydrogen-bond donors (Lipinski definition) is 4. The van der Waals surface area contributed by atoms with Crippen LogP contribution >= 0.6 is 0 Å². The van der Waals surface area contributed by atoms with E-state index < -0.39 is 16.7 Å². The Bertz CT molecular complexity index is 1050. The zero-order valence-electron chi connectivity index (χ0n) is 14.4. The first-order valence-corrected chi connectivity index (χ1v) is 7.81. The second-order valence-corrected chi connectivity index (χ2v) is 5.58. The van der Waals surface area contributed by atoms with Gasteiger partial charge < -0.3 is 21.5 Å². The Kier molecular flexibility index (Phi) is 6.43. The third-order valence-corrected chi connectivity index (χ3v) is 3.82. The third kappa shape index (κ3) is 4.69. The fraction of sp³-hybridized carbons (Fsp3) is 0. The fourth-order valence-electron chi connectivity index (χ4n) is 2.59. The summed E-state index contributed by atoms with van der Waals surface area (Å²) in [6.45, 7) is 0. The molecular formula is C18H15BN3O6. The van der Waals surface area contributed by atoms with Crippen molar-refractivity contribution in [2.45, 2.75) is 0 Å². The lowest BCUT2D eigenvalue weighted by atomic mass is 9.97. The second-order valence-electron chi connectivity index (χ2n) is 5.58. The van der Waals surface area contributed by atoms with Crippen molar-refractivity contribution in [3.05, 3.63) is 75.8 Å². The molecule has 2 aliphatic carbocycles. The fourth-order valence-corrected chi connectivity index (χ4v) is 2.59. The second kappa shape index (κ2) is 8.76. The van der Waals surface area contributed by atoms with E-state index in [1.54, 1.807) is 6.07 Å². The van der Waals surface area contributed by atoms with Gasteiger partial charge in [0.15, 0.2) is 0 Å². The molecule has 0 aliphatic heterocycles. The van der Waals surface area contributed by atoms with E-state index in [0.717, 1.165) is 6.07 Å². The molecule has 1 radical (unpaired) electrons. The van der Waals surface area contributed by atoms with Crippen LogP contribution in [-0.4, -0.2) is 34.5 Å². The van der Waals surface area contributed by atoms with Gasteiger partial charge in [0, 0.05) is 23.1 Å². The van der Waals surface area contributed by atoms with Gasteiger partial charge >= 0.3 is 7.69 Å². The summed E-state index contributed by atoms with van der Waals surface area (Å²) < 4.78 is 0. The van der Waals surface area contributed by atoms with Crippen molar-refractivity contribution in [1.29, 1.82) is 0 Å². The molecule has 2 aromatic rings. The number of fused-ring (bicyclic) bond motifs is 2. The van der Waals surface area contributed by atoms with Crippen LogP contribution in [0.2, 0.25) is 0 Å². The van der Waals surface area contributed by atoms with E-state index in [4.69, 9.17) is 21.5 Å². The molecule has 0 atom stereocenters. The largest absolute Gasteiger partial charge is 0.482 e. The van der Waals surface area contributed by atoms with E-state index in [0.29, 0.717) is 5.39 Å². The molecule has 0 heterocycles. The molecule has 2 aliphatic rings. The molecule has 0 saturated heterocycles. The molecule has 6 N–H and O–H groups in total. The number of nitro benzene ring substituents is 1. The Morgan fingerprint density at radius 2 is 1.43 bits per heavy atom. The van der Waals surface area contributed by atoms with Gasteiger partial charge in [0.25, 0.3) is 5.69 Å². The van der Waals surface area contributed by atoms with Crippen LogP contribution in [0.1, 0.15) is 20.7 Å². The average molecular weight is 380 g/mol. The highest BCUT2D eigenvalue weighted by Gasteiger charge is 2.18. The van der Waals surface area contributed by atoms with Crippen LogP contribution in [0.5, 0.6) is 0 Å². The maximum absolute atomic E-state index is 11.4. The number of primary amides is 2. The molecule has 2 amide bonds. The van der Waals surface area contributed by atoms with Gasteiger partial charge in [0.1, 0.15) is 0 Å². The zero-order valence-corrected chi connectivity index (χ0v) is 14.4. The van der Waals surface area contributed by atoms with Gasteiger partial charge in [-0.3, -0.25) is 19.7 Å². The number of nitro groups is 1. The molecule has 0 bridgehead atoms. The Morgan fingerprint density at radius 3 is 1.82 bits per heavy atom. The number of carbonyl (C=O) groups excluding carboxylic acids is 2. The van der Waals surface area contributed by atoms with Gasteiger partial charge in [-0.1, -0.05) is 30.3 Å². The summed E-state index contributed by atoms with van der Waals surface area (Å²) in [6, 6.07) is 15.3. The van der Waals surface area contributed by atoms with Gasteiger partial charge in [-0.2, -0.15) is 0 Å². The molecule has 2 aromatic carbocycles. The van der Waals surface area contributed by atoms with Crippen molar-refractivity contribution in [2.24, 2.45) is 11.5 Å². The first kappa shape index (κ1) is 20.6. The molecule has 0 spiro atoms. The first-order chi connectivity index (χ1) is 13.3. The molecular weight excluding hydrogens is 365 g/mol. The highest BCUT2D eigenvalue weighted by Crippen LogP contribution is 2.32. The Balaban J connectivity index is 0.000000253. The van der Waals surface area contributed by atoms with Crippen molar-refractivity contribution in [3.8, 4) is 11.1 Å². The van der Waals surface area contributed by atoms with Crippen molar-refractivity contribution >= 4 is 36.0 Å². The number of amides is 2. The van der Waals surface area contributed by atoms with Gasteiger partial charge in [-0.25, -0.2) is 0 Å². The molecule has 28 heavy (non-hydrogen) atoms. The van der Waals surface area contributed by atoms with Crippen molar-refractivity contribution in [1.82, 2.24) is 0 Å². The lowest BCUT2D eigenvalue weighted by molar-refractivity contribution is -0.384. The van der Waals surface area contributed by atoms with E-state index >= 15 is 0 Å². The Hall–Kier alpha value is -3.76. The van der Waals surface area contributed by atoms with Crippen molar-refractivity contribution in [2.75, 3.05) is 0 Å². The van der Waals surface area contributed by atoms with Gasteiger partial charge in [-0.05, 0) is 28.6 Å². The minimum atomic E-state index is -0.859. The summed E-state index contributed by atoms with van der Waals surface area (Å²) in [5, 5.41) is 25.4. The van der Waals surface area contributed by atoms with E-state index in [-0.39, 0.29) is 29.9 Å². The SMILES string of the molecule is NC(=O)c1cccc2cc([N+](=O)[O-])cc(C(N)=O)c12.O[B]O.c1cc2cc-2c1. The van der Waals surface area contributed by atoms with Crippen LogP contribution in [0.4, 0.5) is 5.69 Å². The highest BCUT2D eigenvalue weighted by atomic mass is 16.6. The maximum Gasteiger partial charge on any atom is 0.482 e. The zero-order chi connectivity index (χ0) is 20.8. The monoisotopic (exact) mass is 380 g/mol. The standard InChI is InChI=1S/C12H9N3O4.C6H4.BH2O2/c13-11(16)8-3-1-2-6-4-7(15(18)19)5-9(10(6)8)12(14)17;1-2-5-4-6(5)3-1;2-1-3/h1-5H,(H2,13,16)(H2,14,17);1-4H;2-3H. The molecule has 0 fully saturated rings. The summed E-state index contributed by atoms with van der Waals surface area (Å²) in [5.41, 5.74) is 13.0. The summed E-state index contributed by atoms with van der Waals surface area (Å²) >= 11 is 0. The lowest BCUT2D eigenvalue weighted by Crippen LogP contribution is -2.16. The molecule has 9 nitrogen and oxygen atoms in total. The first-order valence-electron chi connectivity index (χ1n) is 7.81. The quantitative estimate of drug-likeness (QED) is 0.236. The number of carbonyl (C=O) groups is 2. The molecule has 141 valence electrons. The molecule has 10 heteroatoms. The molecule has 0 unspecified atom stereocenters. The third-order valence-electron chi connectivity index (χ3n) is 3.82. The highest BCUT2D eigenvalue weighted by molar-refractivity contribution is 6.15. The van der Waals surface area contributed by atoms with E-state index in [2.05, 4.69) is 24.3 Å². The van der Waals surface area contributed by atoms with Crippen molar-refractivity contribution < 1.29 is 24.6 Å². The summed E-state index contributed by atoms with van der Waals surface area (Å²) in [5.74, 6) is -1.59. The normalized spacial score (nSPS) is 9.93. The van der Waals surface area contributed by atoms with Crippen LogP contribution in [0.25, 0.3) is 21.9 Å². The number of nitrogens with two attached hydrogens (primary N) is 2. The van der Waals surface area contributed by atoms with Crippen LogP contribution in [0.15, 0.2) is 54.6 Å². The number of non-ortho nitro benzene ring substituents is 1. The van der Waals surface area contributed by atoms with E-state index in [9.17, 15) is 19.7 Å². The van der Waals surface area contributed by atoms with Crippen LogP contribution in [-0.2, 0) is 0 Å².